The Morgan fingerprint density at radius 3 is 2.80 bits per heavy atom. The molecule has 1 atom stereocenters. The fraction of sp³-hybridized carbons (Fsp3) is 0.667. The first-order chi connectivity index (χ1) is 7.11. The van der Waals surface area contributed by atoms with E-state index in [0.717, 1.165) is 12.8 Å². The van der Waals surface area contributed by atoms with E-state index in [-0.39, 0.29) is 6.42 Å². The lowest BCUT2D eigenvalue weighted by atomic mass is 10.0. The van der Waals surface area contributed by atoms with Crippen molar-refractivity contribution in [1.29, 1.82) is 0 Å². The van der Waals surface area contributed by atoms with Gasteiger partial charge in [0.15, 0.2) is 0 Å². The standard InChI is InChI=1S/C9H13NO5/c1-2-3-4-6-5-7(11)10(8(6)12)9(13)15-14/h6,14H,2-5H2,1H3. The number of amides is 3. The Morgan fingerprint density at radius 2 is 2.27 bits per heavy atom. The van der Waals surface area contributed by atoms with E-state index in [9.17, 15) is 14.4 Å². The fourth-order valence-electron chi connectivity index (χ4n) is 1.60. The van der Waals surface area contributed by atoms with Gasteiger partial charge in [-0.25, -0.2) is 4.79 Å². The van der Waals surface area contributed by atoms with Crippen LogP contribution in [0.3, 0.4) is 0 Å². The number of hydrogen-bond acceptors (Lipinski definition) is 5. The lowest BCUT2D eigenvalue weighted by molar-refractivity contribution is -0.189. The van der Waals surface area contributed by atoms with Gasteiger partial charge in [0.1, 0.15) is 0 Å². The highest BCUT2D eigenvalue weighted by atomic mass is 17.1. The highest BCUT2D eigenvalue weighted by Crippen LogP contribution is 2.24. The lowest BCUT2D eigenvalue weighted by Gasteiger charge is -2.09. The van der Waals surface area contributed by atoms with Crippen molar-refractivity contribution in [2.45, 2.75) is 32.6 Å². The molecule has 0 aromatic rings. The van der Waals surface area contributed by atoms with E-state index < -0.39 is 23.8 Å². The summed E-state index contributed by atoms with van der Waals surface area (Å²) in [6.45, 7) is 1.97. The largest absolute Gasteiger partial charge is 0.454 e. The zero-order valence-corrected chi connectivity index (χ0v) is 8.43. The highest BCUT2D eigenvalue weighted by molar-refractivity contribution is 6.14. The maximum Gasteiger partial charge on any atom is 0.454 e. The van der Waals surface area contributed by atoms with Gasteiger partial charge in [-0.1, -0.05) is 19.8 Å². The molecule has 6 nitrogen and oxygen atoms in total. The fourth-order valence-corrected chi connectivity index (χ4v) is 1.60. The molecule has 15 heavy (non-hydrogen) atoms. The summed E-state index contributed by atoms with van der Waals surface area (Å²) in [5, 5.41) is 8.10. The third kappa shape index (κ3) is 2.33. The Bertz CT molecular complexity index is 288. The summed E-state index contributed by atoms with van der Waals surface area (Å²) < 4.78 is 0. The Hall–Kier alpha value is -1.43. The first kappa shape index (κ1) is 11.6. The minimum atomic E-state index is -1.32. The van der Waals surface area contributed by atoms with Gasteiger partial charge in [0.25, 0.3) is 0 Å². The van der Waals surface area contributed by atoms with Crippen molar-refractivity contribution in [3.8, 4) is 0 Å². The van der Waals surface area contributed by atoms with Crippen molar-refractivity contribution >= 4 is 17.9 Å². The van der Waals surface area contributed by atoms with Crippen LogP contribution in [0.2, 0.25) is 0 Å². The van der Waals surface area contributed by atoms with Crippen LogP contribution in [0.5, 0.6) is 0 Å². The average Bonchev–Trinajstić information content (AvgIpc) is 2.50. The van der Waals surface area contributed by atoms with Gasteiger partial charge in [0.05, 0.1) is 0 Å². The third-order valence-electron chi connectivity index (χ3n) is 2.41. The predicted molar refractivity (Wildman–Crippen MR) is 48.6 cm³/mol. The van der Waals surface area contributed by atoms with Crippen molar-refractivity contribution in [3.05, 3.63) is 0 Å². The Morgan fingerprint density at radius 1 is 1.60 bits per heavy atom. The molecule has 1 unspecified atom stereocenters. The second-order valence-electron chi connectivity index (χ2n) is 3.47. The van der Waals surface area contributed by atoms with Crippen LogP contribution in [-0.2, 0) is 14.5 Å². The van der Waals surface area contributed by atoms with E-state index in [4.69, 9.17) is 5.26 Å². The van der Waals surface area contributed by atoms with Crippen molar-refractivity contribution in [3.63, 3.8) is 0 Å². The molecule has 0 aromatic heterocycles. The van der Waals surface area contributed by atoms with Crippen LogP contribution in [0.25, 0.3) is 0 Å². The van der Waals surface area contributed by atoms with Gasteiger partial charge in [-0.3, -0.25) is 14.5 Å². The normalized spacial score (nSPS) is 20.9. The lowest BCUT2D eigenvalue weighted by Crippen LogP contribution is -2.36. The Kier molecular flexibility index (Phi) is 3.79. The molecule has 1 heterocycles. The van der Waals surface area contributed by atoms with Crippen LogP contribution in [-0.4, -0.2) is 28.1 Å². The van der Waals surface area contributed by atoms with E-state index in [1.165, 1.54) is 0 Å². The van der Waals surface area contributed by atoms with Crippen LogP contribution in [0, 0.1) is 5.92 Å². The van der Waals surface area contributed by atoms with Gasteiger partial charge >= 0.3 is 6.09 Å². The number of carbonyl (C=O) groups excluding carboxylic acids is 3. The monoisotopic (exact) mass is 215 g/mol. The molecule has 1 fully saturated rings. The highest BCUT2D eigenvalue weighted by Gasteiger charge is 2.43. The molecule has 1 aliphatic heterocycles. The van der Waals surface area contributed by atoms with E-state index >= 15 is 0 Å². The van der Waals surface area contributed by atoms with Gasteiger partial charge in [-0.05, 0) is 6.42 Å². The summed E-state index contributed by atoms with van der Waals surface area (Å²) in [6.07, 6.45) is 1.03. The third-order valence-corrected chi connectivity index (χ3v) is 2.41. The summed E-state index contributed by atoms with van der Waals surface area (Å²) in [7, 11) is 0. The maximum absolute atomic E-state index is 11.5. The van der Waals surface area contributed by atoms with Crippen molar-refractivity contribution in [2.24, 2.45) is 5.92 Å². The molecule has 0 spiro atoms. The Labute approximate surface area is 86.7 Å². The van der Waals surface area contributed by atoms with E-state index in [1.54, 1.807) is 0 Å². The number of rotatable bonds is 3. The van der Waals surface area contributed by atoms with E-state index in [0.29, 0.717) is 11.3 Å². The van der Waals surface area contributed by atoms with Crippen molar-refractivity contribution < 1.29 is 24.5 Å². The molecule has 0 saturated carbocycles. The molecule has 0 aliphatic carbocycles. The van der Waals surface area contributed by atoms with Crippen LogP contribution in [0.15, 0.2) is 0 Å². The zero-order valence-electron chi connectivity index (χ0n) is 8.43. The second kappa shape index (κ2) is 4.88. The summed E-state index contributed by atoms with van der Waals surface area (Å²) in [5.41, 5.74) is 0. The SMILES string of the molecule is CCCCC1CC(=O)N(C(=O)OO)C1=O. The van der Waals surface area contributed by atoms with Gasteiger partial charge in [-0.2, -0.15) is 10.2 Å². The van der Waals surface area contributed by atoms with Crippen LogP contribution < -0.4 is 0 Å². The van der Waals surface area contributed by atoms with Gasteiger partial charge < -0.3 is 0 Å². The first-order valence-corrected chi connectivity index (χ1v) is 4.84. The number of nitrogens with zero attached hydrogens (tertiary/aromatic N) is 1. The summed E-state index contributed by atoms with van der Waals surface area (Å²) >= 11 is 0. The molecule has 0 radical (unpaired) electrons. The minimum Gasteiger partial charge on any atom is -0.277 e. The average molecular weight is 215 g/mol. The molecule has 1 rings (SSSR count). The molecule has 0 aromatic carbocycles. The molecule has 1 aliphatic rings. The number of likely N-dealkylation sites (tertiary alicyclic amines) is 1. The van der Waals surface area contributed by atoms with Crippen LogP contribution in [0.4, 0.5) is 4.79 Å². The van der Waals surface area contributed by atoms with Crippen LogP contribution in [0.1, 0.15) is 32.6 Å². The van der Waals surface area contributed by atoms with Crippen LogP contribution >= 0.6 is 0 Å². The molecule has 1 saturated heterocycles. The summed E-state index contributed by atoms with van der Waals surface area (Å²) in [4.78, 5) is 37.4. The predicted octanol–water partition coefficient (Wildman–Crippen LogP) is 1.16. The number of imide groups is 3. The number of hydrogen-bond donors (Lipinski definition) is 1. The van der Waals surface area contributed by atoms with E-state index in [2.05, 4.69) is 4.89 Å². The van der Waals surface area contributed by atoms with Gasteiger partial charge in [-0.15, -0.1) is 0 Å². The molecule has 84 valence electrons. The maximum atomic E-state index is 11.5. The first-order valence-electron chi connectivity index (χ1n) is 4.84. The summed E-state index contributed by atoms with van der Waals surface area (Å²) in [5.74, 6) is -1.63. The zero-order chi connectivity index (χ0) is 11.4. The van der Waals surface area contributed by atoms with Gasteiger partial charge in [0, 0.05) is 12.3 Å². The minimum absolute atomic E-state index is 0.0218. The van der Waals surface area contributed by atoms with Crippen molar-refractivity contribution in [2.75, 3.05) is 0 Å². The summed E-state index contributed by atoms with van der Waals surface area (Å²) in [6, 6.07) is 0. The molecule has 1 N–H and O–H groups in total. The second-order valence-corrected chi connectivity index (χ2v) is 3.47. The molecular formula is C9H13NO5. The smallest absolute Gasteiger partial charge is 0.277 e. The van der Waals surface area contributed by atoms with E-state index in [1.807, 2.05) is 6.92 Å². The quantitative estimate of drug-likeness (QED) is 0.434. The molecule has 0 bridgehead atoms. The van der Waals surface area contributed by atoms with Gasteiger partial charge in [0.2, 0.25) is 11.8 Å². The molecule has 6 heteroatoms. The molecular weight excluding hydrogens is 202 g/mol. The topological polar surface area (TPSA) is 83.9 Å². The number of unbranched alkanes of at least 4 members (excludes halogenated alkanes) is 1. The molecule has 3 amide bonds. The Balaban J connectivity index is 2.66. The van der Waals surface area contributed by atoms with Crippen molar-refractivity contribution in [1.82, 2.24) is 4.90 Å². The number of carbonyl (C=O) groups is 3.